The van der Waals surface area contributed by atoms with Gasteiger partial charge < -0.3 is 15.8 Å². The second-order valence-electron chi connectivity index (χ2n) is 5.02. The highest BCUT2D eigenvalue weighted by Crippen LogP contribution is 2.25. The molecule has 0 aromatic carbocycles. The molecule has 1 fully saturated rings. The SMILES string of the molecule is NC(=O)c1ccsc1NC(=O)COC(=O)C1CCCCC1. The summed E-state index contributed by atoms with van der Waals surface area (Å²) in [7, 11) is 0. The number of ether oxygens (including phenoxy) is 1. The van der Waals surface area contributed by atoms with E-state index in [4.69, 9.17) is 10.5 Å². The lowest BCUT2D eigenvalue weighted by molar-refractivity contribution is -0.152. The van der Waals surface area contributed by atoms with E-state index in [1.165, 1.54) is 17.4 Å². The predicted molar refractivity (Wildman–Crippen MR) is 79.0 cm³/mol. The van der Waals surface area contributed by atoms with Crippen LogP contribution in [-0.4, -0.2) is 24.4 Å². The maximum atomic E-state index is 11.8. The van der Waals surface area contributed by atoms with Gasteiger partial charge in [-0.15, -0.1) is 11.3 Å². The summed E-state index contributed by atoms with van der Waals surface area (Å²) in [5.74, 6) is -1.48. The Labute approximate surface area is 126 Å². The Hall–Kier alpha value is -1.89. The molecular formula is C14H18N2O4S. The molecule has 0 bridgehead atoms. The van der Waals surface area contributed by atoms with Crippen molar-refractivity contribution in [2.75, 3.05) is 11.9 Å². The molecule has 2 amide bonds. The van der Waals surface area contributed by atoms with E-state index in [1.54, 1.807) is 5.38 Å². The van der Waals surface area contributed by atoms with Gasteiger partial charge in [0, 0.05) is 0 Å². The van der Waals surface area contributed by atoms with Crippen molar-refractivity contribution in [3.8, 4) is 0 Å². The summed E-state index contributed by atoms with van der Waals surface area (Å²) in [6.45, 7) is -0.342. The highest BCUT2D eigenvalue weighted by Gasteiger charge is 2.23. The molecule has 0 spiro atoms. The lowest BCUT2D eigenvalue weighted by atomic mass is 9.89. The standard InChI is InChI=1S/C14H18N2O4S/c15-12(18)10-6-7-21-13(10)16-11(17)8-20-14(19)9-4-2-1-3-5-9/h6-7,9H,1-5,8H2,(H2,15,18)(H,16,17). The van der Waals surface area contributed by atoms with Crippen molar-refractivity contribution in [1.82, 2.24) is 0 Å². The normalized spacial score (nSPS) is 15.4. The number of nitrogens with two attached hydrogens (primary N) is 1. The van der Waals surface area contributed by atoms with E-state index in [0.717, 1.165) is 32.1 Å². The molecule has 1 aliphatic rings. The van der Waals surface area contributed by atoms with Gasteiger partial charge in [-0.1, -0.05) is 19.3 Å². The second kappa shape index (κ2) is 7.21. The highest BCUT2D eigenvalue weighted by atomic mass is 32.1. The van der Waals surface area contributed by atoms with Crippen LogP contribution in [0.3, 0.4) is 0 Å². The number of carbonyl (C=O) groups is 3. The van der Waals surface area contributed by atoms with Crippen molar-refractivity contribution in [1.29, 1.82) is 0 Å². The lowest BCUT2D eigenvalue weighted by Crippen LogP contribution is -2.26. The average molecular weight is 310 g/mol. The predicted octanol–water partition coefficient (Wildman–Crippen LogP) is 1.91. The number of hydrogen-bond donors (Lipinski definition) is 2. The van der Waals surface area contributed by atoms with Gasteiger partial charge in [0.05, 0.1) is 11.5 Å². The number of amides is 2. The van der Waals surface area contributed by atoms with E-state index in [1.807, 2.05) is 0 Å². The summed E-state index contributed by atoms with van der Waals surface area (Å²) in [6.07, 6.45) is 4.87. The van der Waals surface area contributed by atoms with Crippen LogP contribution in [0.15, 0.2) is 11.4 Å². The molecule has 1 saturated carbocycles. The first-order chi connectivity index (χ1) is 10.1. The van der Waals surface area contributed by atoms with Gasteiger partial charge in [-0.3, -0.25) is 14.4 Å². The summed E-state index contributed by atoms with van der Waals surface area (Å²) in [4.78, 5) is 34.7. The van der Waals surface area contributed by atoms with Crippen LogP contribution in [0.4, 0.5) is 5.00 Å². The smallest absolute Gasteiger partial charge is 0.309 e. The Bertz CT molecular complexity index is 535. The Morgan fingerprint density at radius 1 is 1.29 bits per heavy atom. The molecule has 0 atom stereocenters. The molecule has 7 heteroatoms. The van der Waals surface area contributed by atoms with Crippen molar-refractivity contribution in [2.24, 2.45) is 11.7 Å². The van der Waals surface area contributed by atoms with E-state index < -0.39 is 11.8 Å². The lowest BCUT2D eigenvalue weighted by Gasteiger charge is -2.19. The van der Waals surface area contributed by atoms with Crippen LogP contribution < -0.4 is 11.1 Å². The van der Waals surface area contributed by atoms with Crippen molar-refractivity contribution in [2.45, 2.75) is 32.1 Å². The summed E-state index contributed by atoms with van der Waals surface area (Å²) >= 11 is 1.20. The topological polar surface area (TPSA) is 98.5 Å². The number of anilines is 1. The Kier molecular flexibility index (Phi) is 5.32. The van der Waals surface area contributed by atoms with Crippen LogP contribution in [0.1, 0.15) is 42.5 Å². The third-order valence-corrected chi connectivity index (χ3v) is 4.30. The van der Waals surface area contributed by atoms with Crippen LogP contribution in [0.2, 0.25) is 0 Å². The third kappa shape index (κ3) is 4.29. The maximum absolute atomic E-state index is 11.8. The molecule has 1 aliphatic carbocycles. The minimum absolute atomic E-state index is 0.0885. The van der Waals surface area contributed by atoms with Gasteiger partial charge in [0.15, 0.2) is 6.61 Å². The van der Waals surface area contributed by atoms with Gasteiger partial charge in [0.25, 0.3) is 11.8 Å². The van der Waals surface area contributed by atoms with Crippen LogP contribution in [0.25, 0.3) is 0 Å². The molecule has 1 aromatic heterocycles. The Balaban J connectivity index is 1.80. The number of nitrogens with one attached hydrogen (secondary N) is 1. The van der Waals surface area contributed by atoms with Crippen molar-refractivity contribution >= 4 is 34.1 Å². The molecule has 6 nitrogen and oxygen atoms in total. The number of esters is 1. The second-order valence-corrected chi connectivity index (χ2v) is 5.93. The van der Waals surface area contributed by atoms with E-state index in [-0.39, 0.29) is 24.1 Å². The molecule has 2 rings (SSSR count). The molecule has 114 valence electrons. The van der Waals surface area contributed by atoms with Gasteiger partial charge >= 0.3 is 5.97 Å². The zero-order valence-electron chi connectivity index (χ0n) is 11.6. The molecular weight excluding hydrogens is 292 g/mol. The zero-order valence-corrected chi connectivity index (χ0v) is 12.4. The first-order valence-corrected chi connectivity index (χ1v) is 7.79. The summed E-state index contributed by atoms with van der Waals surface area (Å²) < 4.78 is 5.03. The summed E-state index contributed by atoms with van der Waals surface area (Å²) in [6, 6.07) is 1.54. The number of rotatable bonds is 5. The maximum Gasteiger partial charge on any atom is 0.309 e. The molecule has 0 saturated heterocycles. The van der Waals surface area contributed by atoms with Gasteiger partial charge in [0.2, 0.25) is 0 Å². The van der Waals surface area contributed by atoms with E-state index in [0.29, 0.717) is 5.00 Å². The highest BCUT2D eigenvalue weighted by molar-refractivity contribution is 7.14. The fourth-order valence-electron chi connectivity index (χ4n) is 2.36. The van der Waals surface area contributed by atoms with E-state index in [2.05, 4.69) is 5.32 Å². The fourth-order valence-corrected chi connectivity index (χ4v) is 3.16. The van der Waals surface area contributed by atoms with Crippen molar-refractivity contribution in [3.05, 3.63) is 17.0 Å². The minimum Gasteiger partial charge on any atom is -0.455 e. The zero-order chi connectivity index (χ0) is 15.2. The molecule has 0 radical (unpaired) electrons. The average Bonchev–Trinajstić information content (AvgIpc) is 2.94. The minimum atomic E-state index is -0.606. The first-order valence-electron chi connectivity index (χ1n) is 6.91. The number of primary amides is 1. The molecule has 1 aromatic rings. The summed E-state index contributed by atoms with van der Waals surface area (Å²) in [5.41, 5.74) is 5.44. The summed E-state index contributed by atoms with van der Waals surface area (Å²) in [5, 5.41) is 4.56. The Morgan fingerprint density at radius 3 is 2.67 bits per heavy atom. The molecule has 3 N–H and O–H groups in total. The van der Waals surface area contributed by atoms with Crippen LogP contribution >= 0.6 is 11.3 Å². The van der Waals surface area contributed by atoms with Crippen molar-refractivity contribution < 1.29 is 19.1 Å². The largest absolute Gasteiger partial charge is 0.455 e. The van der Waals surface area contributed by atoms with Crippen LogP contribution in [0.5, 0.6) is 0 Å². The van der Waals surface area contributed by atoms with Gasteiger partial charge in [-0.2, -0.15) is 0 Å². The van der Waals surface area contributed by atoms with Crippen LogP contribution in [-0.2, 0) is 14.3 Å². The number of hydrogen-bond acceptors (Lipinski definition) is 5. The van der Waals surface area contributed by atoms with E-state index >= 15 is 0 Å². The molecule has 1 heterocycles. The number of carbonyl (C=O) groups excluding carboxylic acids is 3. The van der Waals surface area contributed by atoms with Gasteiger partial charge in [-0.05, 0) is 24.3 Å². The Morgan fingerprint density at radius 2 is 2.00 bits per heavy atom. The van der Waals surface area contributed by atoms with Gasteiger partial charge in [0.1, 0.15) is 5.00 Å². The number of thiophene rings is 1. The molecule has 0 unspecified atom stereocenters. The van der Waals surface area contributed by atoms with Crippen LogP contribution in [0, 0.1) is 5.92 Å². The van der Waals surface area contributed by atoms with E-state index in [9.17, 15) is 14.4 Å². The molecule has 0 aliphatic heterocycles. The molecule has 21 heavy (non-hydrogen) atoms. The van der Waals surface area contributed by atoms with Gasteiger partial charge in [-0.25, -0.2) is 0 Å². The monoisotopic (exact) mass is 310 g/mol. The third-order valence-electron chi connectivity index (χ3n) is 3.47. The quantitative estimate of drug-likeness (QED) is 0.811. The van der Waals surface area contributed by atoms with Crippen molar-refractivity contribution in [3.63, 3.8) is 0 Å². The first kappa shape index (κ1) is 15.5. The fraction of sp³-hybridized carbons (Fsp3) is 0.500.